The monoisotopic (exact) mass is 284 g/mol. The molecule has 4 amide bonds. The number of carbonyl (C=O) groups is 2. The van der Waals surface area contributed by atoms with Crippen LogP contribution in [0.15, 0.2) is 0 Å². The Bertz CT molecular complexity index is 449. The van der Waals surface area contributed by atoms with E-state index >= 15 is 0 Å². The van der Waals surface area contributed by atoms with E-state index in [-0.39, 0.29) is 36.5 Å². The molecule has 20 heavy (non-hydrogen) atoms. The van der Waals surface area contributed by atoms with Crippen molar-refractivity contribution in [3.63, 3.8) is 0 Å². The van der Waals surface area contributed by atoms with Gasteiger partial charge in [0.2, 0.25) is 0 Å². The van der Waals surface area contributed by atoms with Crippen molar-refractivity contribution in [3.8, 4) is 0 Å². The molecule has 8 heteroatoms. The molecule has 0 spiro atoms. The molecular weight excluding hydrogens is 262 g/mol. The van der Waals surface area contributed by atoms with E-state index in [2.05, 4.69) is 5.32 Å². The average molecular weight is 284 g/mol. The summed E-state index contributed by atoms with van der Waals surface area (Å²) in [4.78, 5) is 30.9. The van der Waals surface area contributed by atoms with Gasteiger partial charge in [-0.3, -0.25) is 19.6 Å². The number of nitrogens with zero attached hydrogens (tertiary/aromatic N) is 3. The predicted octanol–water partition coefficient (Wildman–Crippen LogP) is -1.99. The Morgan fingerprint density at radius 2 is 1.95 bits per heavy atom. The molecule has 3 heterocycles. The van der Waals surface area contributed by atoms with E-state index in [0.717, 1.165) is 4.90 Å². The lowest BCUT2D eigenvalue weighted by Crippen LogP contribution is -3.17. The molecule has 0 radical (unpaired) electrons. The van der Waals surface area contributed by atoms with Gasteiger partial charge in [0.05, 0.1) is 6.61 Å². The lowest BCUT2D eigenvalue weighted by atomic mass is 10.1. The highest BCUT2D eigenvalue weighted by Crippen LogP contribution is 2.33. The van der Waals surface area contributed by atoms with Gasteiger partial charge < -0.3 is 10.4 Å². The summed E-state index contributed by atoms with van der Waals surface area (Å²) >= 11 is 0. The quantitative estimate of drug-likeness (QED) is 0.549. The number of nitrogens with one attached hydrogen (secondary N) is 2. The number of aliphatic hydroxyl groups excluding tert-OH is 1. The number of hydrogen-bond acceptors (Lipinski definition) is 3. The first kappa shape index (κ1) is 13.4. The van der Waals surface area contributed by atoms with Crippen molar-refractivity contribution >= 4 is 12.1 Å². The van der Waals surface area contributed by atoms with Crippen molar-refractivity contribution in [1.29, 1.82) is 0 Å². The van der Waals surface area contributed by atoms with E-state index in [1.165, 1.54) is 0 Å². The largest absolute Gasteiger partial charge is 0.391 e. The van der Waals surface area contributed by atoms with Crippen LogP contribution in [0, 0.1) is 0 Å². The Morgan fingerprint density at radius 3 is 2.55 bits per heavy atom. The van der Waals surface area contributed by atoms with Crippen LogP contribution in [0.1, 0.15) is 20.8 Å². The third-order valence-corrected chi connectivity index (χ3v) is 4.16. The maximum atomic E-state index is 12.6. The molecule has 3 fully saturated rings. The average Bonchev–Trinajstić information content (AvgIpc) is 2.79. The third kappa shape index (κ3) is 1.75. The van der Waals surface area contributed by atoms with Crippen molar-refractivity contribution in [2.24, 2.45) is 0 Å². The summed E-state index contributed by atoms with van der Waals surface area (Å²) in [5, 5.41) is 12.0. The molecule has 0 aromatic rings. The minimum absolute atomic E-state index is 0.0455. The molecular formula is C12H22N5O3+. The van der Waals surface area contributed by atoms with E-state index in [4.69, 9.17) is 5.11 Å². The van der Waals surface area contributed by atoms with Crippen molar-refractivity contribution in [2.75, 3.05) is 26.5 Å². The van der Waals surface area contributed by atoms with E-state index in [1.807, 2.05) is 20.8 Å². The van der Waals surface area contributed by atoms with Crippen LogP contribution in [0.3, 0.4) is 0 Å². The molecule has 0 bridgehead atoms. The second-order valence-electron chi connectivity index (χ2n) is 6.61. The van der Waals surface area contributed by atoms with Gasteiger partial charge >= 0.3 is 12.1 Å². The Kier molecular flexibility index (Phi) is 2.84. The molecule has 3 aliphatic heterocycles. The smallest absolute Gasteiger partial charge is 0.328 e. The van der Waals surface area contributed by atoms with Crippen LogP contribution in [-0.2, 0) is 0 Å². The number of quaternary nitrogens is 1. The first-order valence-corrected chi connectivity index (χ1v) is 6.96. The second-order valence-corrected chi connectivity index (χ2v) is 6.61. The summed E-state index contributed by atoms with van der Waals surface area (Å²) < 4.78 is 0. The molecule has 3 saturated heterocycles. The lowest BCUT2D eigenvalue weighted by Gasteiger charge is -2.38. The Balaban J connectivity index is 1.93. The zero-order chi connectivity index (χ0) is 14.7. The third-order valence-electron chi connectivity index (χ3n) is 4.16. The number of amides is 4. The van der Waals surface area contributed by atoms with Crippen LogP contribution in [0.2, 0.25) is 0 Å². The fraction of sp³-hybridized carbons (Fsp3) is 0.833. The van der Waals surface area contributed by atoms with E-state index in [1.54, 1.807) is 14.7 Å². The van der Waals surface area contributed by atoms with Crippen LogP contribution in [0.5, 0.6) is 0 Å². The summed E-state index contributed by atoms with van der Waals surface area (Å²) in [5.41, 5.74) is -0.348. The SMILES string of the molecule is CC(C)(C)N1C(=O)N2C[NH+](CCO)CN3C(=O)N[C@@H]1[C@H]32. The topological polar surface area (TPSA) is 80.6 Å². The minimum atomic E-state index is -0.348. The van der Waals surface area contributed by atoms with Crippen LogP contribution < -0.4 is 10.2 Å². The molecule has 3 rings (SSSR count). The molecule has 0 aromatic carbocycles. The number of hydrogen-bond donors (Lipinski definition) is 3. The van der Waals surface area contributed by atoms with Gasteiger partial charge in [-0.25, -0.2) is 9.59 Å². The molecule has 0 aliphatic carbocycles. The number of urea groups is 2. The number of carbonyl (C=O) groups excluding carboxylic acids is 2. The molecule has 112 valence electrons. The highest BCUT2D eigenvalue weighted by atomic mass is 16.3. The summed E-state index contributed by atoms with van der Waals surface area (Å²) in [5.74, 6) is 0. The predicted molar refractivity (Wildman–Crippen MR) is 69.4 cm³/mol. The fourth-order valence-corrected chi connectivity index (χ4v) is 3.36. The molecule has 1 unspecified atom stereocenters. The van der Waals surface area contributed by atoms with Crippen LogP contribution >= 0.6 is 0 Å². The summed E-state index contributed by atoms with van der Waals surface area (Å²) in [7, 11) is 0. The highest BCUT2D eigenvalue weighted by molar-refractivity contribution is 5.85. The van der Waals surface area contributed by atoms with Crippen molar-refractivity contribution in [3.05, 3.63) is 0 Å². The van der Waals surface area contributed by atoms with Crippen LogP contribution in [0.4, 0.5) is 9.59 Å². The Morgan fingerprint density at radius 1 is 1.30 bits per heavy atom. The molecule has 0 saturated carbocycles. The Hall–Kier alpha value is -1.54. The van der Waals surface area contributed by atoms with Gasteiger partial charge in [-0.15, -0.1) is 0 Å². The molecule has 8 nitrogen and oxygen atoms in total. The maximum Gasteiger partial charge on any atom is 0.328 e. The molecule has 3 atom stereocenters. The van der Waals surface area contributed by atoms with E-state index in [9.17, 15) is 9.59 Å². The minimum Gasteiger partial charge on any atom is -0.391 e. The van der Waals surface area contributed by atoms with Crippen molar-refractivity contribution < 1.29 is 19.6 Å². The van der Waals surface area contributed by atoms with Crippen LogP contribution in [-0.4, -0.2) is 76.2 Å². The fourth-order valence-electron chi connectivity index (χ4n) is 3.36. The van der Waals surface area contributed by atoms with Gasteiger partial charge in [0, 0.05) is 5.54 Å². The van der Waals surface area contributed by atoms with Crippen molar-refractivity contribution in [1.82, 2.24) is 20.0 Å². The lowest BCUT2D eigenvalue weighted by molar-refractivity contribution is -0.926. The highest BCUT2D eigenvalue weighted by Gasteiger charge is 2.61. The van der Waals surface area contributed by atoms with Crippen molar-refractivity contribution in [2.45, 2.75) is 38.6 Å². The second kappa shape index (κ2) is 4.23. The van der Waals surface area contributed by atoms with Gasteiger partial charge in [-0.2, -0.15) is 0 Å². The summed E-state index contributed by atoms with van der Waals surface area (Å²) in [6, 6.07) is -0.186. The first-order valence-electron chi connectivity index (χ1n) is 6.96. The van der Waals surface area contributed by atoms with E-state index in [0.29, 0.717) is 19.9 Å². The Labute approximate surface area is 117 Å². The number of rotatable bonds is 2. The first-order chi connectivity index (χ1) is 9.34. The van der Waals surface area contributed by atoms with Gasteiger partial charge in [-0.05, 0) is 20.8 Å². The number of aliphatic hydroxyl groups is 1. The molecule has 3 aliphatic rings. The summed E-state index contributed by atoms with van der Waals surface area (Å²) in [6.07, 6.45) is -0.512. The zero-order valence-corrected chi connectivity index (χ0v) is 12.1. The van der Waals surface area contributed by atoms with Gasteiger partial charge in [0.1, 0.15) is 12.7 Å². The van der Waals surface area contributed by atoms with Crippen LogP contribution in [0.25, 0.3) is 0 Å². The summed E-state index contributed by atoms with van der Waals surface area (Å²) in [6.45, 7) is 7.53. The standard InChI is InChI=1S/C12H21N5O3/c1-12(2,3)17-8-9-15(10(19)13-8)6-14(4-5-18)7-16(9)11(17)20/h8-9,18H,4-7H2,1-3H3,(H,13,19)/p+1/t8-,9+/m0/s1. The normalized spacial score (nSPS) is 32.8. The molecule has 3 N–H and O–H groups in total. The van der Waals surface area contributed by atoms with Gasteiger partial charge in [-0.1, -0.05) is 0 Å². The van der Waals surface area contributed by atoms with Gasteiger partial charge in [0.25, 0.3) is 0 Å². The van der Waals surface area contributed by atoms with E-state index < -0.39 is 0 Å². The van der Waals surface area contributed by atoms with Gasteiger partial charge in [0.15, 0.2) is 19.5 Å². The zero-order valence-electron chi connectivity index (χ0n) is 12.1. The maximum absolute atomic E-state index is 12.6. The molecule has 0 aromatic heterocycles.